The molecule has 0 aliphatic carbocycles. The van der Waals surface area contributed by atoms with Crippen LogP contribution >= 0.6 is 0 Å². The van der Waals surface area contributed by atoms with Crippen LogP contribution in [0.4, 0.5) is 0 Å². The number of rotatable bonds is 13. The van der Waals surface area contributed by atoms with E-state index in [1.807, 2.05) is 0 Å². The van der Waals surface area contributed by atoms with Crippen molar-refractivity contribution in [3.8, 4) is 0 Å². The summed E-state index contributed by atoms with van der Waals surface area (Å²) < 4.78 is 7.57. The van der Waals surface area contributed by atoms with Crippen LogP contribution < -0.4 is 10.6 Å². The molecule has 1 aromatic rings. The fourth-order valence-electron chi connectivity index (χ4n) is 3.39. The number of guanidine groups is 1. The largest absolute Gasteiger partial charge is 0.381 e. The van der Waals surface area contributed by atoms with Crippen molar-refractivity contribution in [2.24, 2.45) is 16.8 Å². The van der Waals surface area contributed by atoms with E-state index in [-0.39, 0.29) is 0 Å². The fraction of sp³-hybridized carbons (Fsp3) is 0.857. The SMILES string of the molecule is CCc1nncn1CCNC(=NCC1CCOC1)NCCCCCCC(C)C. The van der Waals surface area contributed by atoms with Crippen LogP contribution in [0.1, 0.15) is 65.1 Å². The van der Waals surface area contributed by atoms with Crippen molar-refractivity contribution in [3.63, 3.8) is 0 Å². The molecule has 0 amide bonds. The monoisotopic (exact) mass is 392 g/mol. The predicted molar refractivity (Wildman–Crippen MR) is 115 cm³/mol. The number of aromatic nitrogens is 3. The number of nitrogens with one attached hydrogen (secondary N) is 2. The summed E-state index contributed by atoms with van der Waals surface area (Å²) in [4.78, 5) is 4.80. The van der Waals surface area contributed by atoms with Crippen molar-refractivity contribution in [3.05, 3.63) is 12.2 Å². The molecule has 0 bridgehead atoms. The van der Waals surface area contributed by atoms with E-state index >= 15 is 0 Å². The van der Waals surface area contributed by atoms with E-state index < -0.39 is 0 Å². The van der Waals surface area contributed by atoms with Gasteiger partial charge in [-0.3, -0.25) is 4.99 Å². The third-order valence-corrected chi connectivity index (χ3v) is 5.19. The standard InChI is InChI=1S/C21H40N6O/c1-4-20-26-25-17-27(20)13-12-23-21(24-15-19-10-14-28-16-19)22-11-8-6-5-7-9-18(2)3/h17-19H,4-16H2,1-3H3,(H2,22,23,24). The quantitative estimate of drug-likeness (QED) is 0.307. The van der Waals surface area contributed by atoms with Crippen LogP contribution in [0.15, 0.2) is 11.3 Å². The highest BCUT2D eigenvalue weighted by Crippen LogP contribution is 2.12. The molecule has 2 heterocycles. The van der Waals surface area contributed by atoms with Crippen LogP contribution in [0.3, 0.4) is 0 Å². The fourth-order valence-corrected chi connectivity index (χ4v) is 3.39. The number of nitrogens with zero attached hydrogens (tertiary/aromatic N) is 4. The van der Waals surface area contributed by atoms with E-state index in [0.717, 1.165) is 69.9 Å². The summed E-state index contributed by atoms with van der Waals surface area (Å²) in [6.07, 6.45) is 10.3. The minimum Gasteiger partial charge on any atom is -0.381 e. The highest BCUT2D eigenvalue weighted by Gasteiger charge is 2.15. The average molecular weight is 393 g/mol. The average Bonchev–Trinajstić information content (AvgIpc) is 3.36. The number of hydrogen-bond acceptors (Lipinski definition) is 4. The van der Waals surface area contributed by atoms with Crippen molar-refractivity contribution in [1.82, 2.24) is 25.4 Å². The molecule has 1 atom stereocenters. The summed E-state index contributed by atoms with van der Waals surface area (Å²) in [5, 5.41) is 15.1. The van der Waals surface area contributed by atoms with E-state index in [1.165, 1.54) is 32.1 Å². The van der Waals surface area contributed by atoms with Crippen molar-refractivity contribution >= 4 is 5.96 Å². The highest BCUT2D eigenvalue weighted by atomic mass is 16.5. The lowest BCUT2D eigenvalue weighted by Gasteiger charge is -2.14. The van der Waals surface area contributed by atoms with Gasteiger partial charge in [0.05, 0.1) is 6.61 Å². The van der Waals surface area contributed by atoms with E-state index in [0.29, 0.717) is 5.92 Å². The van der Waals surface area contributed by atoms with Gasteiger partial charge in [0.25, 0.3) is 0 Å². The maximum atomic E-state index is 5.47. The molecule has 0 radical (unpaired) electrons. The Morgan fingerprint density at radius 3 is 2.82 bits per heavy atom. The lowest BCUT2D eigenvalue weighted by atomic mass is 10.0. The summed E-state index contributed by atoms with van der Waals surface area (Å²) in [6.45, 7) is 11.9. The molecule has 1 aromatic heterocycles. The van der Waals surface area contributed by atoms with Gasteiger partial charge >= 0.3 is 0 Å². The first kappa shape index (κ1) is 22.7. The molecule has 1 unspecified atom stereocenters. The number of hydrogen-bond donors (Lipinski definition) is 2. The number of aliphatic imine (C=N–C) groups is 1. The van der Waals surface area contributed by atoms with E-state index in [9.17, 15) is 0 Å². The number of unbranched alkanes of at least 4 members (excludes halogenated alkanes) is 3. The second kappa shape index (κ2) is 13.5. The lowest BCUT2D eigenvalue weighted by molar-refractivity contribution is 0.187. The van der Waals surface area contributed by atoms with Crippen LogP contribution in [0.2, 0.25) is 0 Å². The second-order valence-electron chi connectivity index (χ2n) is 8.16. The van der Waals surface area contributed by atoms with Gasteiger partial charge in [0.15, 0.2) is 5.96 Å². The third kappa shape index (κ3) is 9.04. The molecule has 160 valence electrons. The van der Waals surface area contributed by atoms with Crippen molar-refractivity contribution in [2.75, 3.05) is 32.8 Å². The third-order valence-electron chi connectivity index (χ3n) is 5.19. The molecule has 1 aliphatic heterocycles. The number of ether oxygens (including phenoxy) is 1. The van der Waals surface area contributed by atoms with Gasteiger partial charge in [-0.15, -0.1) is 10.2 Å². The van der Waals surface area contributed by atoms with Gasteiger partial charge < -0.3 is 19.9 Å². The summed E-state index contributed by atoms with van der Waals surface area (Å²) in [5.74, 6) is 3.32. The molecular weight excluding hydrogens is 352 g/mol. The number of aryl methyl sites for hydroxylation is 1. The summed E-state index contributed by atoms with van der Waals surface area (Å²) in [5.41, 5.74) is 0. The Labute approximate surface area is 170 Å². The molecule has 2 rings (SSSR count). The van der Waals surface area contributed by atoms with Crippen molar-refractivity contribution < 1.29 is 4.74 Å². The summed E-state index contributed by atoms with van der Waals surface area (Å²) in [6, 6.07) is 0. The van der Waals surface area contributed by atoms with E-state index in [4.69, 9.17) is 9.73 Å². The van der Waals surface area contributed by atoms with Gasteiger partial charge in [0.2, 0.25) is 0 Å². The second-order valence-corrected chi connectivity index (χ2v) is 8.16. The van der Waals surface area contributed by atoms with Gasteiger partial charge in [0.1, 0.15) is 12.2 Å². The molecule has 1 fully saturated rings. The molecule has 7 heteroatoms. The minimum absolute atomic E-state index is 0.555. The topological polar surface area (TPSA) is 76.4 Å². The molecule has 28 heavy (non-hydrogen) atoms. The molecule has 2 N–H and O–H groups in total. The maximum absolute atomic E-state index is 5.47. The Morgan fingerprint density at radius 2 is 2.07 bits per heavy atom. The zero-order valence-electron chi connectivity index (χ0n) is 18.1. The van der Waals surface area contributed by atoms with Gasteiger partial charge in [0, 0.05) is 45.1 Å². The first-order valence-electron chi connectivity index (χ1n) is 11.2. The Morgan fingerprint density at radius 1 is 1.25 bits per heavy atom. The van der Waals surface area contributed by atoms with Crippen molar-refractivity contribution in [1.29, 1.82) is 0 Å². The Balaban J connectivity index is 1.70. The Hall–Kier alpha value is -1.63. The Bertz CT molecular complexity index is 551. The zero-order valence-corrected chi connectivity index (χ0v) is 18.1. The molecule has 1 saturated heterocycles. The van der Waals surface area contributed by atoms with Gasteiger partial charge in [-0.25, -0.2) is 0 Å². The Kier molecular flexibility index (Phi) is 10.9. The smallest absolute Gasteiger partial charge is 0.191 e. The molecule has 0 spiro atoms. The van der Waals surface area contributed by atoms with Gasteiger partial charge in [-0.1, -0.05) is 46.5 Å². The van der Waals surface area contributed by atoms with Crippen LogP contribution in [-0.4, -0.2) is 53.6 Å². The first-order chi connectivity index (χ1) is 13.7. The van der Waals surface area contributed by atoms with Crippen molar-refractivity contribution in [2.45, 2.75) is 72.3 Å². The van der Waals surface area contributed by atoms with Crippen LogP contribution in [0.25, 0.3) is 0 Å². The predicted octanol–water partition coefficient (Wildman–Crippen LogP) is 3.02. The molecule has 1 aliphatic rings. The van der Waals surface area contributed by atoms with Crippen LogP contribution in [0, 0.1) is 11.8 Å². The molecular formula is C21H40N6O. The van der Waals surface area contributed by atoms with E-state index in [1.54, 1.807) is 6.33 Å². The molecule has 0 aromatic carbocycles. The highest BCUT2D eigenvalue weighted by molar-refractivity contribution is 5.79. The van der Waals surface area contributed by atoms with E-state index in [2.05, 4.69) is 46.2 Å². The van der Waals surface area contributed by atoms with Crippen LogP contribution in [0.5, 0.6) is 0 Å². The van der Waals surface area contributed by atoms with Crippen LogP contribution in [-0.2, 0) is 17.7 Å². The zero-order chi connectivity index (χ0) is 20.0. The molecule has 7 nitrogen and oxygen atoms in total. The minimum atomic E-state index is 0.555. The van der Waals surface area contributed by atoms with Gasteiger partial charge in [-0.2, -0.15) is 0 Å². The lowest BCUT2D eigenvalue weighted by Crippen LogP contribution is -2.40. The summed E-state index contributed by atoms with van der Waals surface area (Å²) >= 11 is 0. The summed E-state index contributed by atoms with van der Waals surface area (Å²) in [7, 11) is 0. The normalized spacial score (nSPS) is 17.4. The van der Waals surface area contributed by atoms with Gasteiger partial charge in [-0.05, 0) is 18.8 Å². The first-order valence-corrected chi connectivity index (χ1v) is 11.2. The maximum Gasteiger partial charge on any atom is 0.191 e. The molecule has 0 saturated carbocycles.